The van der Waals surface area contributed by atoms with Gasteiger partial charge in [-0.2, -0.15) is 0 Å². The number of carbonyl (C=O) groups excluding carboxylic acids is 2. The van der Waals surface area contributed by atoms with Crippen molar-refractivity contribution in [2.24, 2.45) is 17.6 Å². The van der Waals surface area contributed by atoms with Crippen LogP contribution in [0.4, 0.5) is 5.69 Å². The molecule has 0 radical (unpaired) electrons. The summed E-state index contributed by atoms with van der Waals surface area (Å²) < 4.78 is 0.927. The van der Waals surface area contributed by atoms with E-state index in [1.807, 2.05) is 29.2 Å². The van der Waals surface area contributed by atoms with E-state index < -0.39 is 5.92 Å². The molecule has 2 saturated heterocycles. The van der Waals surface area contributed by atoms with Gasteiger partial charge < -0.3 is 15.5 Å². The van der Waals surface area contributed by atoms with Crippen molar-refractivity contribution in [1.29, 1.82) is 0 Å². The molecule has 2 amide bonds. The van der Waals surface area contributed by atoms with E-state index >= 15 is 0 Å². The highest BCUT2D eigenvalue weighted by molar-refractivity contribution is 9.10. The molecule has 0 aliphatic carbocycles. The summed E-state index contributed by atoms with van der Waals surface area (Å²) in [6, 6.07) is 7.71. The zero-order valence-corrected chi connectivity index (χ0v) is 16.8. The summed E-state index contributed by atoms with van der Waals surface area (Å²) in [6.45, 7) is 3.96. The maximum absolute atomic E-state index is 12.9. The first kappa shape index (κ1) is 20.2. The molecule has 2 N–H and O–H groups in total. The summed E-state index contributed by atoms with van der Waals surface area (Å²) in [5, 5.41) is 0. The minimum absolute atomic E-state index is 0. The molecule has 3 rings (SSSR count). The van der Waals surface area contributed by atoms with Crippen molar-refractivity contribution >= 4 is 45.8 Å². The lowest BCUT2D eigenvalue weighted by Gasteiger charge is -2.39. The van der Waals surface area contributed by atoms with Gasteiger partial charge in [0.05, 0.1) is 0 Å². The van der Waals surface area contributed by atoms with Crippen LogP contribution >= 0.6 is 28.3 Å². The molecule has 7 heteroatoms. The number of benzene rings is 1. The van der Waals surface area contributed by atoms with E-state index in [2.05, 4.69) is 22.9 Å². The van der Waals surface area contributed by atoms with Crippen LogP contribution in [0.15, 0.2) is 28.7 Å². The lowest BCUT2D eigenvalue weighted by atomic mass is 9.91. The van der Waals surface area contributed by atoms with E-state index in [4.69, 9.17) is 5.73 Å². The summed E-state index contributed by atoms with van der Waals surface area (Å²) in [5.41, 5.74) is 6.71. The van der Waals surface area contributed by atoms with Gasteiger partial charge in [-0.25, -0.2) is 0 Å². The number of nitrogens with zero attached hydrogens (tertiary/aromatic N) is 2. The number of anilines is 1. The highest BCUT2D eigenvalue weighted by atomic mass is 79.9. The SMILES string of the molecule is CC1CCN(C(=O)C2CCN(c3cccc(Br)c3)C2=O)C(CN)C1.Cl. The fourth-order valence-corrected chi connectivity index (χ4v) is 4.16. The van der Waals surface area contributed by atoms with Crippen LogP contribution in [0.1, 0.15) is 26.2 Å². The van der Waals surface area contributed by atoms with Gasteiger partial charge in [-0.15, -0.1) is 12.4 Å². The van der Waals surface area contributed by atoms with E-state index in [1.165, 1.54) is 0 Å². The first-order chi connectivity index (χ1) is 11.5. The van der Waals surface area contributed by atoms with Crippen molar-refractivity contribution in [1.82, 2.24) is 4.90 Å². The number of hydrogen-bond acceptors (Lipinski definition) is 3. The maximum atomic E-state index is 12.9. The summed E-state index contributed by atoms with van der Waals surface area (Å²) in [4.78, 5) is 29.3. The molecule has 25 heavy (non-hydrogen) atoms. The summed E-state index contributed by atoms with van der Waals surface area (Å²) in [7, 11) is 0. The molecule has 2 heterocycles. The Balaban J connectivity index is 0.00000225. The van der Waals surface area contributed by atoms with Gasteiger partial charge in [-0.05, 0) is 43.4 Å². The van der Waals surface area contributed by atoms with Crippen molar-refractivity contribution in [3.63, 3.8) is 0 Å². The molecule has 3 atom stereocenters. The average Bonchev–Trinajstić information content (AvgIpc) is 2.95. The molecule has 0 bridgehead atoms. The van der Waals surface area contributed by atoms with E-state index in [9.17, 15) is 9.59 Å². The largest absolute Gasteiger partial charge is 0.338 e. The lowest BCUT2D eigenvalue weighted by molar-refractivity contribution is -0.143. The normalized spacial score (nSPS) is 26.5. The van der Waals surface area contributed by atoms with E-state index in [0.29, 0.717) is 32.0 Å². The number of carbonyl (C=O) groups is 2. The zero-order chi connectivity index (χ0) is 17.3. The monoisotopic (exact) mass is 429 g/mol. The molecule has 5 nitrogen and oxygen atoms in total. The van der Waals surface area contributed by atoms with Crippen molar-refractivity contribution in [2.75, 3.05) is 24.5 Å². The number of rotatable bonds is 3. The first-order valence-corrected chi connectivity index (χ1v) is 9.38. The molecule has 0 saturated carbocycles. The second kappa shape index (κ2) is 8.52. The van der Waals surface area contributed by atoms with Crippen LogP contribution < -0.4 is 10.6 Å². The van der Waals surface area contributed by atoms with Crippen molar-refractivity contribution in [3.05, 3.63) is 28.7 Å². The molecule has 138 valence electrons. The molecule has 2 aliphatic rings. The number of halogens is 2. The first-order valence-electron chi connectivity index (χ1n) is 8.58. The van der Waals surface area contributed by atoms with Gasteiger partial charge in [0, 0.05) is 35.8 Å². The van der Waals surface area contributed by atoms with Gasteiger partial charge in [0.1, 0.15) is 5.92 Å². The van der Waals surface area contributed by atoms with Crippen LogP contribution in [0.2, 0.25) is 0 Å². The lowest BCUT2D eigenvalue weighted by Crippen LogP contribution is -2.52. The fraction of sp³-hybridized carbons (Fsp3) is 0.556. The van der Waals surface area contributed by atoms with Crippen molar-refractivity contribution < 1.29 is 9.59 Å². The minimum atomic E-state index is -0.563. The highest BCUT2D eigenvalue weighted by Crippen LogP contribution is 2.30. The third-order valence-corrected chi connectivity index (χ3v) is 5.65. The maximum Gasteiger partial charge on any atom is 0.239 e. The predicted octanol–water partition coefficient (Wildman–Crippen LogP) is 2.81. The zero-order valence-electron chi connectivity index (χ0n) is 14.4. The number of piperidine rings is 1. The van der Waals surface area contributed by atoms with Crippen LogP contribution in [-0.4, -0.2) is 42.4 Å². The van der Waals surface area contributed by atoms with Gasteiger partial charge in [-0.3, -0.25) is 9.59 Å². The van der Waals surface area contributed by atoms with E-state index in [0.717, 1.165) is 23.0 Å². The number of likely N-dealkylation sites (tertiary alicyclic amines) is 1. The Morgan fingerprint density at radius 2 is 2.08 bits per heavy atom. The van der Waals surface area contributed by atoms with Crippen LogP contribution in [0, 0.1) is 11.8 Å². The quantitative estimate of drug-likeness (QED) is 0.750. The van der Waals surface area contributed by atoms with Crippen LogP contribution in [0.5, 0.6) is 0 Å². The van der Waals surface area contributed by atoms with Gasteiger partial charge >= 0.3 is 0 Å². The number of hydrogen-bond donors (Lipinski definition) is 1. The van der Waals surface area contributed by atoms with E-state index in [1.54, 1.807) is 4.90 Å². The molecule has 0 spiro atoms. The molecular formula is C18H25BrClN3O2. The highest BCUT2D eigenvalue weighted by Gasteiger charge is 2.42. The minimum Gasteiger partial charge on any atom is -0.338 e. The molecular weight excluding hydrogens is 406 g/mol. The smallest absolute Gasteiger partial charge is 0.239 e. The van der Waals surface area contributed by atoms with Crippen molar-refractivity contribution in [2.45, 2.75) is 32.2 Å². The molecule has 0 aromatic heterocycles. The summed E-state index contributed by atoms with van der Waals surface area (Å²) in [6.07, 6.45) is 2.49. The molecule has 2 aliphatic heterocycles. The predicted molar refractivity (Wildman–Crippen MR) is 105 cm³/mol. The van der Waals surface area contributed by atoms with E-state index in [-0.39, 0.29) is 30.3 Å². The summed E-state index contributed by atoms with van der Waals surface area (Å²) in [5.74, 6) is -0.112. The van der Waals surface area contributed by atoms with Gasteiger partial charge in [0.25, 0.3) is 0 Å². The Hall–Kier alpha value is -1.11. The second-order valence-corrected chi connectivity index (χ2v) is 7.78. The summed E-state index contributed by atoms with van der Waals surface area (Å²) >= 11 is 3.43. The third kappa shape index (κ3) is 4.18. The molecule has 2 fully saturated rings. The number of nitrogens with two attached hydrogens (primary N) is 1. The Bertz CT molecular complexity index is 643. The number of amides is 2. The van der Waals surface area contributed by atoms with Crippen LogP contribution in [0.3, 0.4) is 0 Å². The van der Waals surface area contributed by atoms with Gasteiger partial charge in [-0.1, -0.05) is 28.9 Å². The van der Waals surface area contributed by atoms with Crippen molar-refractivity contribution in [3.8, 4) is 0 Å². The topological polar surface area (TPSA) is 66.6 Å². The second-order valence-electron chi connectivity index (χ2n) is 6.86. The molecule has 3 unspecified atom stereocenters. The molecule has 1 aromatic carbocycles. The van der Waals surface area contributed by atoms with Crippen LogP contribution in [0.25, 0.3) is 0 Å². The Morgan fingerprint density at radius 1 is 1.32 bits per heavy atom. The standard InChI is InChI=1S/C18H24BrN3O2.ClH/c1-12-5-7-22(15(9-12)11-20)18(24)16-6-8-21(17(16)23)14-4-2-3-13(19)10-14;/h2-4,10,12,15-16H,5-9,11,20H2,1H3;1H. The van der Waals surface area contributed by atoms with Gasteiger partial charge in [0.2, 0.25) is 11.8 Å². The van der Waals surface area contributed by atoms with Crippen LogP contribution in [-0.2, 0) is 9.59 Å². The third-order valence-electron chi connectivity index (χ3n) is 5.16. The Labute approximate surface area is 163 Å². The fourth-order valence-electron chi connectivity index (χ4n) is 3.77. The Morgan fingerprint density at radius 3 is 2.76 bits per heavy atom. The Kier molecular flexibility index (Phi) is 6.88. The van der Waals surface area contributed by atoms with Gasteiger partial charge in [0.15, 0.2) is 0 Å². The average molecular weight is 431 g/mol. The molecule has 1 aromatic rings.